The molecule has 0 aromatic carbocycles. The second-order valence-corrected chi connectivity index (χ2v) is 10.1. The lowest BCUT2D eigenvalue weighted by Crippen LogP contribution is -2.50. The van der Waals surface area contributed by atoms with Crippen molar-refractivity contribution in [3.8, 4) is 0 Å². The number of rotatable bonds is 4. The van der Waals surface area contributed by atoms with E-state index in [1.807, 2.05) is 0 Å². The predicted molar refractivity (Wildman–Crippen MR) is 111 cm³/mol. The highest BCUT2D eigenvalue weighted by molar-refractivity contribution is 5.41. The molecule has 0 radical (unpaired) electrons. The van der Waals surface area contributed by atoms with Crippen molar-refractivity contribution in [3.63, 3.8) is 0 Å². The van der Waals surface area contributed by atoms with Crippen LogP contribution in [0.4, 0.5) is 5.82 Å². The molecule has 158 valence electrons. The summed E-state index contributed by atoms with van der Waals surface area (Å²) in [5, 5.41) is 0. The number of hydrogen-bond donors (Lipinski definition) is 2. The van der Waals surface area contributed by atoms with E-state index in [1.54, 1.807) is 6.33 Å². The molecule has 0 amide bonds. The fraction of sp³-hybridized carbons (Fsp3) is 0.818. The molecule has 5 unspecified atom stereocenters. The Morgan fingerprint density at radius 3 is 2.93 bits per heavy atom. The van der Waals surface area contributed by atoms with Gasteiger partial charge in [-0.15, -0.1) is 0 Å². The van der Waals surface area contributed by atoms with E-state index < -0.39 is 0 Å². The minimum absolute atomic E-state index is 0.164. The van der Waals surface area contributed by atoms with E-state index in [-0.39, 0.29) is 11.6 Å². The Hall–Kier alpha value is -1.28. The number of hydrogen-bond acceptors (Lipinski definition) is 7. The quantitative estimate of drug-likeness (QED) is 0.804. The summed E-state index contributed by atoms with van der Waals surface area (Å²) >= 11 is 0. The third-order valence-electron chi connectivity index (χ3n) is 8.01. The van der Waals surface area contributed by atoms with Gasteiger partial charge in [-0.2, -0.15) is 0 Å². The van der Waals surface area contributed by atoms with Crippen LogP contribution in [-0.2, 0) is 4.74 Å². The maximum atomic E-state index is 6.44. The van der Waals surface area contributed by atoms with Gasteiger partial charge in [-0.1, -0.05) is 0 Å². The van der Waals surface area contributed by atoms with Crippen LogP contribution in [0.1, 0.15) is 63.6 Å². The molecule has 6 rings (SSSR count). The van der Waals surface area contributed by atoms with Crippen LogP contribution in [0.3, 0.4) is 0 Å². The van der Waals surface area contributed by atoms with Crippen LogP contribution >= 0.6 is 0 Å². The predicted octanol–water partition coefficient (Wildman–Crippen LogP) is 2.02. The molecule has 2 saturated carbocycles. The number of nitrogens with zero attached hydrogens (tertiary/aromatic N) is 4. The molecular formula is C22H34N6O. The molecule has 5 aliphatic rings. The molecule has 4 heterocycles. The average Bonchev–Trinajstić information content (AvgIpc) is 3.15. The van der Waals surface area contributed by atoms with E-state index >= 15 is 0 Å². The molecule has 2 N–H and O–H groups in total. The Morgan fingerprint density at radius 2 is 2.03 bits per heavy atom. The molecule has 3 saturated heterocycles. The molecule has 1 aromatic heterocycles. The number of aromatic nitrogens is 2. The molecule has 2 aliphatic carbocycles. The van der Waals surface area contributed by atoms with Crippen LogP contribution < -0.4 is 15.8 Å². The second-order valence-electron chi connectivity index (χ2n) is 10.1. The Balaban J connectivity index is 1.17. The van der Waals surface area contributed by atoms with E-state index in [9.17, 15) is 0 Å². The number of anilines is 1. The van der Waals surface area contributed by atoms with E-state index in [0.717, 1.165) is 37.6 Å². The summed E-state index contributed by atoms with van der Waals surface area (Å²) in [6.07, 6.45) is 10.7. The molecular weight excluding hydrogens is 364 g/mol. The van der Waals surface area contributed by atoms with Gasteiger partial charge in [0.05, 0.1) is 23.4 Å². The zero-order valence-corrected chi connectivity index (χ0v) is 17.5. The molecule has 7 heteroatoms. The summed E-state index contributed by atoms with van der Waals surface area (Å²) in [5.74, 6) is 1.63. The Morgan fingerprint density at radius 1 is 1.10 bits per heavy atom. The molecule has 5 fully saturated rings. The van der Waals surface area contributed by atoms with Crippen molar-refractivity contribution >= 4 is 5.82 Å². The summed E-state index contributed by atoms with van der Waals surface area (Å²) in [4.78, 5) is 14.5. The van der Waals surface area contributed by atoms with Gasteiger partial charge in [0.2, 0.25) is 0 Å². The first-order valence-electron chi connectivity index (χ1n) is 11.7. The second kappa shape index (κ2) is 7.15. The van der Waals surface area contributed by atoms with E-state index in [2.05, 4.69) is 38.6 Å². The van der Waals surface area contributed by atoms with Crippen molar-refractivity contribution in [2.75, 3.05) is 31.1 Å². The Labute approximate surface area is 173 Å². The Kier molecular flexibility index (Phi) is 4.56. The first kappa shape index (κ1) is 18.5. The number of fused-ring (bicyclic) bond motifs is 2. The standard InChI is InChI=1S/C22H34N6O/c1-22(6-7-22)29-16-4-5-18-17(11-16)21(26-25-18)19-12-20(24-14-23-19)28-10-9-27-8-2-3-15(27)13-28/h12,14-18,21,25-26H,2-11,13H2,1H3. The lowest BCUT2D eigenvalue weighted by atomic mass is 9.79. The number of piperazine rings is 1. The van der Waals surface area contributed by atoms with Gasteiger partial charge in [0.15, 0.2) is 0 Å². The number of ether oxygens (including phenoxy) is 1. The molecule has 1 aromatic rings. The van der Waals surface area contributed by atoms with Crippen molar-refractivity contribution in [2.45, 2.75) is 81.7 Å². The monoisotopic (exact) mass is 398 g/mol. The van der Waals surface area contributed by atoms with Crippen LogP contribution in [0, 0.1) is 5.92 Å². The summed E-state index contributed by atoms with van der Waals surface area (Å²) in [5.41, 5.74) is 8.40. The maximum Gasteiger partial charge on any atom is 0.132 e. The average molecular weight is 399 g/mol. The summed E-state index contributed by atoms with van der Waals surface area (Å²) in [7, 11) is 0. The largest absolute Gasteiger partial charge is 0.372 e. The topological polar surface area (TPSA) is 65.6 Å². The van der Waals surface area contributed by atoms with Gasteiger partial charge in [-0.05, 0) is 58.4 Å². The van der Waals surface area contributed by atoms with Crippen LogP contribution in [0.5, 0.6) is 0 Å². The van der Waals surface area contributed by atoms with Gasteiger partial charge in [0.25, 0.3) is 0 Å². The normalized spacial score (nSPS) is 38.7. The van der Waals surface area contributed by atoms with E-state index in [1.165, 1.54) is 45.1 Å². The van der Waals surface area contributed by atoms with Gasteiger partial charge in [-0.3, -0.25) is 10.3 Å². The zero-order valence-electron chi connectivity index (χ0n) is 17.5. The van der Waals surface area contributed by atoms with Gasteiger partial charge >= 0.3 is 0 Å². The maximum absolute atomic E-state index is 6.44. The molecule has 29 heavy (non-hydrogen) atoms. The molecule has 7 nitrogen and oxygen atoms in total. The van der Waals surface area contributed by atoms with Gasteiger partial charge in [0.1, 0.15) is 12.1 Å². The third kappa shape index (κ3) is 3.56. The highest BCUT2D eigenvalue weighted by atomic mass is 16.5. The summed E-state index contributed by atoms with van der Waals surface area (Å²) < 4.78 is 6.44. The summed E-state index contributed by atoms with van der Waals surface area (Å²) in [6.45, 7) is 6.88. The van der Waals surface area contributed by atoms with Crippen LogP contribution in [0.2, 0.25) is 0 Å². The van der Waals surface area contributed by atoms with Crippen LogP contribution in [0.25, 0.3) is 0 Å². The highest BCUT2D eigenvalue weighted by Gasteiger charge is 2.46. The van der Waals surface area contributed by atoms with Gasteiger partial charge in [-0.25, -0.2) is 15.4 Å². The van der Waals surface area contributed by atoms with Crippen molar-refractivity contribution in [1.82, 2.24) is 25.7 Å². The molecule has 0 spiro atoms. The summed E-state index contributed by atoms with van der Waals surface area (Å²) in [6, 6.07) is 3.71. The van der Waals surface area contributed by atoms with Gasteiger partial charge in [0, 0.05) is 43.7 Å². The number of hydrazine groups is 1. The van der Waals surface area contributed by atoms with E-state index in [0.29, 0.717) is 24.1 Å². The SMILES string of the molecule is CC1(OC2CCC3NNC(c4cc(N5CCN6CCCC6C5)ncn4)C3C2)CC1. The lowest BCUT2D eigenvalue weighted by molar-refractivity contribution is -0.0500. The van der Waals surface area contributed by atoms with Gasteiger partial charge < -0.3 is 9.64 Å². The zero-order chi connectivity index (χ0) is 19.4. The van der Waals surface area contributed by atoms with Crippen molar-refractivity contribution < 1.29 is 4.74 Å². The fourth-order valence-corrected chi connectivity index (χ4v) is 6.02. The molecule has 0 bridgehead atoms. The van der Waals surface area contributed by atoms with Crippen LogP contribution in [-0.4, -0.2) is 64.8 Å². The van der Waals surface area contributed by atoms with Crippen LogP contribution in [0.15, 0.2) is 12.4 Å². The van der Waals surface area contributed by atoms with E-state index in [4.69, 9.17) is 9.72 Å². The smallest absolute Gasteiger partial charge is 0.132 e. The minimum Gasteiger partial charge on any atom is -0.372 e. The molecule has 5 atom stereocenters. The molecule has 3 aliphatic heterocycles. The Bertz CT molecular complexity index is 755. The highest BCUT2D eigenvalue weighted by Crippen LogP contribution is 2.45. The van der Waals surface area contributed by atoms with Crippen molar-refractivity contribution in [3.05, 3.63) is 18.1 Å². The third-order valence-corrected chi connectivity index (χ3v) is 8.01. The first-order chi connectivity index (χ1) is 14.2. The number of nitrogens with one attached hydrogen (secondary N) is 2. The fourth-order valence-electron chi connectivity index (χ4n) is 6.02. The van der Waals surface area contributed by atoms with Crippen molar-refractivity contribution in [1.29, 1.82) is 0 Å². The minimum atomic E-state index is 0.164. The first-order valence-corrected chi connectivity index (χ1v) is 11.7. The lowest BCUT2D eigenvalue weighted by Gasteiger charge is -2.38. The van der Waals surface area contributed by atoms with Crippen molar-refractivity contribution in [2.24, 2.45) is 5.92 Å².